The maximum absolute atomic E-state index is 13.2. The quantitative estimate of drug-likeness (QED) is 0.516. The second-order valence-electron chi connectivity index (χ2n) is 11.1. The zero-order chi connectivity index (χ0) is 22.6. The van der Waals surface area contributed by atoms with E-state index >= 15 is 0 Å². The summed E-state index contributed by atoms with van der Waals surface area (Å²) in [6.07, 6.45) is 9.13. The molecule has 3 saturated carbocycles. The Balaban J connectivity index is 1.75. The Kier molecular flexibility index (Phi) is 5.73. The van der Waals surface area contributed by atoms with Crippen molar-refractivity contribution in [2.45, 2.75) is 91.1 Å². The molecule has 0 bridgehead atoms. The molecule has 4 aliphatic carbocycles. The highest BCUT2D eigenvalue weighted by molar-refractivity contribution is 5.92. The van der Waals surface area contributed by atoms with Crippen molar-refractivity contribution in [2.75, 3.05) is 6.61 Å². The Bertz CT molecular complexity index is 815. The molecule has 31 heavy (non-hydrogen) atoms. The Labute approximate surface area is 186 Å². The predicted octanol–water partition coefficient (Wildman–Crippen LogP) is 4.41. The van der Waals surface area contributed by atoms with Crippen molar-refractivity contribution >= 4 is 17.5 Å². The van der Waals surface area contributed by atoms with E-state index in [0.29, 0.717) is 43.3 Å². The number of rotatable bonds is 5. The lowest BCUT2D eigenvalue weighted by Gasteiger charge is -2.57. The smallest absolute Gasteiger partial charge is 0.306 e. The van der Waals surface area contributed by atoms with Gasteiger partial charge in [-0.1, -0.05) is 39.3 Å². The fourth-order valence-electron chi connectivity index (χ4n) is 8.07. The van der Waals surface area contributed by atoms with E-state index in [1.54, 1.807) is 0 Å². The lowest BCUT2D eigenvalue weighted by molar-refractivity contribution is -0.190. The first kappa shape index (κ1) is 22.7. The summed E-state index contributed by atoms with van der Waals surface area (Å²) >= 11 is 0. The lowest BCUT2D eigenvalue weighted by Crippen LogP contribution is -2.60. The maximum atomic E-state index is 13.2. The first-order valence-corrected chi connectivity index (χ1v) is 12.2. The third-order valence-electron chi connectivity index (χ3n) is 9.67. The van der Waals surface area contributed by atoms with E-state index in [2.05, 4.69) is 19.9 Å². The molecular formula is C26H38O5. The van der Waals surface area contributed by atoms with Crippen molar-refractivity contribution in [3.63, 3.8) is 0 Å². The van der Waals surface area contributed by atoms with Crippen LogP contribution in [0.1, 0.15) is 85.5 Å². The predicted molar refractivity (Wildman–Crippen MR) is 117 cm³/mol. The van der Waals surface area contributed by atoms with Gasteiger partial charge in [0.2, 0.25) is 5.78 Å². The van der Waals surface area contributed by atoms with E-state index in [4.69, 9.17) is 4.74 Å². The van der Waals surface area contributed by atoms with Gasteiger partial charge < -0.3 is 9.84 Å². The Morgan fingerprint density at radius 2 is 2.00 bits per heavy atom. The largest absolute Gasteiger partial charge is 0.450 e. The monoisotopic (exact) mass is 430 g/mol. The summed E-state index contributed by atoms with van der Waals surface area (Å²) in [5.41, 5.74) is -0.233. The second kappa shape index (κ2) is 7.83. The first-order valence-electron chi connectivity index (χ1n) is 12.2. The van der Waals surface area contributed by atoms with Gasteiger partial charge in [-0.25, -0.2) is 0 Å². The lowest BCUT2D eigenvalue weighted by atomic mass is 9.48. The molecule has 0 aliphatic heterocycles. The number of ketones is 2. The van der Waals surface area contributed by atoms with E-state index in [9.17, 15) is 19.5 Å². The van der Waals surface area contributed by atoms with Crippen LogP contribution in [-0.4, -0.2) is 34.9 Å². The molecule has 0 heterocycles. The van der Waals surface area contributed by atoms with E-state index in [1.807, 2.05) is 13.8 Å². The first-order chi connectivity index (χ1) is 14.6. The SMILES string of the molecule is CCCC(=O)O[C@@]1(C(=O)CO)[C@@H](C)C[C@H]2[C@@H]3CC[C@H]4CC(=O)CC[C@]4(C)C3=CC[C@@]21C. The molecule has 172 valence electrons. The van der Waals surface area contributed by atoms with Crippen LogP contribution in [0.4, 0.5) is 0 Å². The molecule has 3 fully saturated rings. The molecular weight excluding hydrogens is 392 g/mol. The van der Waals surface area contributed by atoms with Crippen LogP contribution in [0.15, 0.2) is 11.6 Å². The van der Waals surface area contributed by atoms with Gasteiger partial charge in [-0.2, -0.15) is 0 Å². The zero-order valence-corrected chi connectivity index (χ0v) is 19.5. The minimum Gasteiger partial charge on any atom is -0.450 e. The fraction of sp³-hybridized carbons (Fsp3) is 0.808. The van der Waals surface area contributed by atoms with Crippen molar-refractivity contribution in [1.29, 1.82) is 0 Å². The van der Waals surface area contributed by atoms with Gasteiger partial charge in [-0.05, 0) is 61.7 Å². The standard InChI is InChI=1S/C26H38O5/c1-5-6-23(30)31-26(22(29)15-27)16(2)13-21-19-8-7-17-14-18(28)9-11-24(17,3)20(19)10-12-25(21,26)4/h10,16-17,19,21,27H,5-9,11-15H2,1-4H3/t16-,17-,19+,21-,24-,25-,26+/m0/s1. The molecule has 0 aromatic rings. The summed E-state index contributed by atoms with van der Waals surface area (Å²) in [5, 5.41) is 9.89. The molecule has 1 N–H and O–H groups in total. The number of hydrogen-bond donors (Lipinski definition) is 1. The number of fused-ring (bicyclic) bond motifs is 5. The zero-order valence-electron chi connectivity index (χ0n) is 19.5. The van der Waals surface area contributed by atoms with Crippen molar-refractivity contribution in [2.24, 2.45) is 34.5 Å². The topological polar surface area (TPSA) is 80.7 Å². The summed E-state index contributed by atoms with van der Waals surface area (Å²) in [6.45, 7) is 7.79. The molecule has 0 saturated heterocycles. The van der Waals surface area contributed by atoms with Gasteiger partial charge in [0, 0.05) is 30.6 Å². The molecule has 4 rings (SSSR count). The van der Waals surface area contributed by atoms with E-state index in [-0.39, 0.29) is 35.4 Å². The van der Waals surface area contributed by atoms with Crippen LogP contribution >= 0.6 is 0 Å². The highest BCUT2D eigenvalue weighted by Crippen LogP contribution is 2.68. The van der Waals surface area contributed by atoms with Crippen molar-refractivity contribution in [3.8, 4) is 0 Å². The number of carbonyl (C=O) groups is 3. The highest BCUT2D eigenvalue weighted by Gasteiger charge is 2.70. The molecule has 0 radical (unpaired) electrons. The van der Waals surface area contributed by atoms with Crippen LogP contribution in [0.3, 0.4) is 0 Å². The van der Waals surface area contributed by atoms with Crippen LogP contribution < -0.4 is 0 Å². The van der Waals surface area contributed by atoms with Crippen molar-refractivity contribution in [1.82, 2.24) is 0 Å². The van der Waals surface area contributed by atoms with Crippen LogP contribution in [0, 0.1) is 34.5 Å². The number of hydrogen-bond acceptors (Lipinski definition) is 5. The van der Waals surface area contributed by atoms with E-state index < -0.39 is 17.6 Å². The second-order valence-corrected chi connectivity index (χ2v) is 11.1. The third kappa shape index (κ3) is 3.09. The number of carbonyl (C=O) groups excluding carboxylic acids is 3. The summed E-state index contributed by atoms with van der Waals surface area (Å²) in [4.78, 5) is 38.0. The van der Waals surface area contributed by atoms with Crippen LogP contribution in [0.5, 0.6) is 0 Å². The average molecular weight is 431 g/mol. The van der Waals surface area contributed by atoms with Crippen molar-refractivity contribution in [3.05, 3.63) is 11.6 Å². The summed E-state index contributed by atoms with van der Waals surface area (Å²) in [7, 11) is 0. The molecule has 0 aromatic heterocycles. The van der Waals surface area contributed by atoms with Gasteiger partial charge in [-0.15, -0.1) is 0 Å². The van der Waals surface area contributed by atoms with Crippen LogP contribution in [-0.2, 0) is 19.1 Å². The van der Waals surface area contributed by atoms with Gasteiger partial charge in [0.1, 0.15) is 12.4 Å². The molecule has 4 aliphatic rings. The number of esters is 1. The minimum atomic E-state index is -1.26. The Morgan fingerprint density at radius 3 is 2.68 bits per heavy atom. The van der Waals surface area contributed by atoms with Gasteiger partial charge in [0.25, 0.3) is 0 Å². The van der Waals surface area contributed by atoms with Gasteiger partial charge in [-0.3, -0.25) is 14.4 Å². The Morgan fingerprint density at radius 1 is 1.26 bits per heavy atom. The van der Waals surface area contributed by atoms with Gasteiger partial charge in [0.05, 0.1) is 0 Å². The molecule has 0 amide bonds. The van der Waals surface area contributed by atoms with Crippen LogP contribution in [0.25, 0.3) is 0 Å². The van der Waals surface area contributed by atoms with Gasteiger partial charge >= 0.3 is 5.97 Å². The number of Topliss-reactive ketones (excluding diaryl/α,β-unsaturated/α-hetero) is 2. The van der Waals surface area contributed by atoms with Crippen molar-refractivity contribution < 1.29 is 24.2 Å². The van der Waals surface area contributed by atoms with Gasteiger partial charge in [0.15, 0.2) is 5.60 Å². The normalized spacial score (nSPS) is 44.0. The minimum absolute atomic E-state index is 0.0620. The van der Waals surface area contributed by atoms with E-state index in [0.717, 1.165) is 25.7 Å². The molecule has 5 nitrogen and oxygen atoms in total. The molecule has 7 atom stereocenters. The third-order valence-corrected chi connectivity index (χ3v) is 9.67. The summed E-state index contributed by atoms with van der Waals surface area (Å²) < 4.78 is 6.08. The number of ether oxygens (including phenoxy) is 1. The molecule has 0 aromatic carbocycles. The number of allylic oxidation sites excluding steroid dienone is 2. The average Bonchev–Trinajstić information content (AvgIpc) is 2.96. The fourth-order valence-corrected chi connectivity index (χ4v) is 8.07. The Hall–Kier alpha value is -1.49. The molecule has 0 spiro atoms. The van der Waals surface area contributed by atoms with Crippen LogP contribution in [0.2, 0.25) is 0 Å². The number of aliphatic hydroxyl groups is 1. The molecule has 5 heteroatoms. The number of aliphatic hydroxyl groups excluding tert-OH is 1. The highest BCUT2D eigenvalue weighted by atomic mass is 16.6. The summed E-state index contributed by atoms with van der Waals surface area (Å²) in [6, 6.07) is 0. The molecule has 0 unspecified atom stereocenters. The summed E-state index contributed by atoms with van der Waals surface area (Å²) in [5.74, 6) is 0.590. The van der Waals surface area contributed by atoms with E-state index in [1.165, 1.54) is 5.57 Å². The maximum Gasteiger partial charge on any atom is 0.306 e.